The van der Waals surface area contributed by atoms with E-state index in [1.54, 1.807) is 24.4 Å². The smallest absolute Gasteiger partial charge is 0.257 e. The molecule has 0 bridgehead atoms. The number of hydrogen-bond donors (Lipinski definition) is 2. The number of pyridine rings is 1. The number of rotatable bonds is 6. The summed E-state index contributed by atoms with van der Waals surface area (Å²) in [6.45, 7) is 0. The first-order valence-electron chi connectivity index (χ1n) is 8.56. The molecule has 1 amide bonds. The van der Waals surface area contributed by atoms with E-state index in [1.807, 2.05) is 6.07 Å². The van der Waals surface area contributed by atoms with E-state index in [2.05, 4.69) is 15.6 Å². The van der Waals surface area contributed by atoms with Crippen LogP contribution < -0.4 is 20.1 Å². The maximum absolute atomic E-state index is 12.5. The number of amides is 1. The molecule has 0 unspecified atom stereocenters. The summed E-state index contributed by atoms with van der Waals surface area (Å²) in [4.78, 5) is 16.9. The summed E-state index contributed by atoms with van der Waals surface area (Å²) in [5.41, 5.74) is 0.935. The van der Waals surface area contributed by atoms with Gasteiger partial charge in [-0.15, -0.1) is 0 Å². The molecule has 2 aromatic rings. The number of anilines is 2. The largest absolute Gasteiger partial charge is 0.495 e. The highest BCUT2D eigenvalue weighted by Gasteiger charge is 2.16. The van der Waals surface area contributed by atoms with Crippen LogP contribution in [0.15, 0.2) is 30.5 Å². The molecule has 1 aliphatic carbocycles. The van der Waals surface area contributed by atoms with Crippen molar-refractivity contribution in [1.29, 1.82) is 0 Å². The molecule has 1 aliphatic rings. The lowest BCUT2D eigenvalue weighted by Gasteiger charge is -2.14. The van der Waals surface area contributed by atoms with Crippen LogP contribution in [0.3, 0.4) is 0 Å². The lowest BCUT2D eigenvalue weighted by molar-refractivity contribution is 0.102. The SMILES string of the molecule is COc1cc(NC(=O)c2ccc(NC3CCCC3)nc2)c(OC)cc1Cl. The van der Waals surface area contributed by atoms with Gasteiger partial charge in [-0.25, -0.2) is 4.98 Å². The van der Waals surface area contributed by atoms with Crippen molar-refractivity contribution in [2.45, 2.75) is 31.7 Å². The molecule has 1 heterocycles. The molecule has 0 saturated heterocycles. The number of methoxy groups -OCH3 is 2. The molecule has 1 aromatic carbocycles. The number of nitrogens with zero attached hydrogens (tertiary/aromatic N) is 1. The van der Waals surface area contributed by atoms with Gasteiger partial charge in [-0.1, -0.05) is 24.4 Å². The van der Waals surface area contributed by atoms with Crippen LogP contribution in [-0.2, 0) is 0 Å². The highest BCUT2D eigenvalue weighted by Crippen LogP contribution is 2.36. The van der Waals surface area contributed by atoms with Crippen LogP contribution >= 0.6 is 11.6 Å². The molecule has 0 atom stereocenters. The van der Waals surface area contributed by atoms with E-state index in [-0.39, 0.29) is 5.91 Å². The van der Waals surface area contributed by atoms with Gasteiger partial charge in [0.15, 0.2) is 0 Å². The Kier molecular flexibility index (Phi) is 5.83. The van der Waals surface area contributed by atoms with Crippen molar-refractivity contribution in [2.24, 2.45) is 0 Å². The second-order valence-corrected chi connectivity index (χ2v) is 6.61. The third kappa shape index (κ3) is 4.19. The van der Waals surface area contributed by atoms with E-state index in [4.69, 9.17) is 21.1 Å². The van der Waals surface area contributed by atoms with Crippen molar-refractivity contribution >= 4 is 29.0 Å². The van der Waals surface area contributed by atoms with E-state index in [9.17, 15) is 4.79 Å². The number of aromatic nitrogens is 1. The minimum Gasteiger partial charge on any atom is -0.495 e. The molecule has 7 heteroatoms. The predicted molar refractivity (Wildman–Crippen MR) is 103 cm³/mol. The number of carbonyl (C=O) groups is 1. The van der Waals surface area contributed by atoms with Crippen molar-refractivity contribution in [1.82, 2.24) is 4.98 Å². The Hall–Kier alpha value is -2.47. The monoisotopic (exact) mass is 375 g/mol. The minimum absolute atomic E-state index is 0.285. The standard InChI is InChI=1S/C19H22ClN3O3/c1-25-16-10-15(17(26-2)9-14(16)20)23-19(24)12-7-8-18(21-11-12)22-13-5-3-4-6-13/h7-11,13H,3-6H2,1-2H3,(H,21,22)(H,23,24). The van der Waals surface area contributed by atoms with Crippen molar-refractivity contribution in [3.63, 3.8) is 0 Å². The number of nitrogens with one attached hydrogen (secondary N) is 2. The molecule has 0 aliphatic heterocycles. The number of ether oxygens (including phenoxy) is 2. The first-order chi connectivity index (χ1) is 12.6. The van der Waals surface area contributed by atoms with Gasteiger partial charge in [-0.3, -0.25) is 4.79 Å². The Morgan fingerprint density at radius 3 is 2.50 bits per heavy atom. The number of carbonyl (C=O) groups excluding carboxylic acids is 1. The molecule has 1 fully saturated rings. The van der Waals surface area contributed by atoms with Crippen LogP contribution in [0.5, 0.6) is 11.5 Å². The van der Waals surface area contributed by atoms with Crippen LogP contribution in [-0.4, -0.2) is 31.2 Å². The highest BCUT2D eigenvalue weighted by atomic mass is 35.5. The second kappa shape index (κ2) is 8.27. The van der Waals surface area contributed by atoms with Crippen molar-refractivity contribution in [3.05, 3.63) is 41.0 Å². The van der Waals surface area contributed by atoms with Gasteiger partial charge >= 0.3 is 0 Å². The summed E-state index contributed by atoms with van der Waals surface area (Å²) in [5, 5.41) is 6.62. The summed E-state index contributed by atoms with van der Waals surface area (Å²) in [6.07, 6.45) is 6.41. The molecule has 0 radical (unpaired) electrons. The number of halogens is 1. The Bertz CT molecular complexity index is 774. The van der Waals surface area contributed by atoms with E-state index in [0.717, 1.165) is 5.82 Å². The van der Waals surface area contributed by atoms with Gasteiger partial charge < -0.3 is 20.1 Å². The van der Waals surface area contributed by atoms with Gasteiger partial charge in [0.2, 0.25) is 0 Å². The zero-order chi connectivity index (χ0) is 18.5. The molecule has 2 N–H and O–H groups in total. The van der Waals surface area contributed by atoms with Gasteiger partial charge in [0.05, 0.1) is 30.5 Å². The van der Waals surface area contributed by atoms with E-state index >= 15 is 0 Å². The number of benzene rings is 1. The molecule has 138 valence electrons. The van der Waals surface area contributed by atoms with Gasteiger partial charge in [0.1, 0.15) is 17.3 Å². The third-order valence-corrected chi connectivity index (χ3v) is 4.75. The van der Waals surface area contributed by atoms with Gasteiger partial charge in [0.25, 0.3) is 5.91 Å². The van der Waals surface area contributed by atoms with Crippen molar-refractivity contribution in [3.8, 4) is 11.5 Å². The van der Waals surface area contributed by atoms with Gasteiger partial charge in [-0.05, 0) is 25.0 Å². The minimum atomic E-state index is -0.285. The summed E-state index contributed by atoms with van der Waals surface area (Å²) in [6, 6.07) is 7.28. The molecule has 3 rings (SSSR count). The van der Waals surface area contributed by atoms with Crippen molar-refractivity contribution < 1.29 is 14.3 Å². The number of hydrogen-bond acceptors (Lipinski definition) is 5. The lowest BCUT2D eigenvalue weighted by Crippen LogP contribution is -2.16. The topological polar surface area (TPSA) is 72.5 Å². The normalized spacial score (nSPS) is 14.1. The zero-order valence-electron chi connectivity index (χ0n) is 14.8. The molecular weight excluding hydrogens is 354 g/mol. The fraction of sp³-hybridized carbons (Fsp3) is 0.368. The average Bonchev–Trinajstić information content (AvgIpc) is 3.16. The predicted octanol–water partition coefficient (Wildman–Crippen LogP) is 4.36. The Balaban J connectivity index is 1.71. The third-order valence-electron chi connectivity index (χ3n) is 4.45. The van der Waals surface area contributed by atoms with Gasteiger partial charge in [-0.2, -0.15) is 0 Å². The van der Waals surface area contributed by atoms with Crippen LogP contribution in [0.2, 0.25) is 5.02 Å². The zero-order valence-corrected chi connectivity index (χ0v) is 15.6. The molecule has 1 aromatic heterocycles. The van der Waals surface area contributed by atoms with E-state index < -0.39 is 0 Å². The van der Waals surface area contributed by atoms with Gasteiger partial charge in [0, 0.05) is 24.4 Å². The van der Waals surface area contributed by atoms with Crippen LogP contribution in [0.25, 0.3) is 0 Å². The Labute approximate surface area is 157 Å². The van der Waals surface area contributed by atoms with E-state index in [0.29, 0.717) is 33.8 Å². The van der Waals surface area contributed by atoms with Crippen molar-refractivity contribution in [2.75, 3.05) is 24.9 Å². The average molecular weight is 376 g/mol. The second-order valence-electron chi connectivity index (χ2n) is 6.20. The maximum Gasteiger partial charge on any atom is 0.257 e. The Morgan fingerprint density at radius 2 is 1.88 bits per heavy atom. The summed E-state index contributed by atoms with van der Waals surface area (Å²) >= 11 is 6.09. The lowest BCUT2D eigenvalue weighted by atomic mass is 10.2. The van der Waals surface area contributed by atoms with Crippen LogP contribution in [0, 0.1) is 0 Å². The Morgan fingerprint density at radius 1 is 1.15 bits per heavy atom. The quantitative estimate of drug-likeness (QED) is 0.784. The first kappa shape index (κ1) is 18.3. The van der Waals surface area contributed by atoms with Crippen LogP contribution in [0.4, 0.5) is 11.5 Å². The maximum atomic E-state index is 12.5. The highest BCUT2D eigenvalue weighted by molar-refractivity contribution is 6.32. The molecule has 26 heavy (non-hydrogen) atoms. The van der Waals surface area contributed by atoms with E-state index in [1.165, 1.54) is 39.9 Å². The molecule has 6 nitrogen and oxygen atoms in total. The summed E-state index contributed by atoms with van der Waals surface area (Å²) in [5.74, 6) is 1.42. The molecule has 1 saturated carbocycles. The fourth-order valence-electron chi connectivity index (χ4n) is 3.05. The summed E-state index contributed by atoms with van der Waals surface area (Å²) < 4.78 is 10.5. The first-order valence-corrected chi connectivity index (χ1v) is 8.94. The fourth-order valence-corrected chi connectivity index (χ4v) is 3.28. The van der Waals surface area contributed by atoms with Crippen LogP contribution in [0.1, 0.15) is 36.0 Å². The summed E-state index contributed by atoms with van der Waals surface area (Å²) in [7, 11) is 3.03. The molecule has 0 spiro atoms. The molecular formula is C19H22ClN3O3.